The maximum Gasteiger partial charge on any atom is 0.299 e. The van der Waals surface area contributed by atoms with Gasteiger partial charge in [-0.05, 0) is 13.8 Å². The number of amides is 1. The van der Waals surface area contributed by atoms with E-state index in [4.69, 9.17) is 4.42 Å². The van der Waals surface area contributed by atoms with Crippen LogP contribution in [0.15, 0.2) is 16.7 Å². The number of pyridine rings is 1. The topological polar surface area (TPSA) is 71.3 Å². The van der Waals surface area contributed by atoms with Crippen molar-refractivity contribution in [3.05, 3.63) is 12.3 Å². The number of nitrogens with one attached hydrogen (secondary N) is 1. The number of anilines is 2. The van der Waals surface area contributed by atoms with Crippen molar-refractivity contribution < 1.29 is 9.21 Å². The first-order valence-corrected chi connectivity index (χ1v) is 5.93. The Morgan fingerprint density at radius 1 is 1.44 bits per heavy atom. The van der Waals surface area contributed by atoms with Gasteiger partial charge < -0.3 is 14.6 Å². The minimum Gasteiger partial charge on any atom is -0.422 e. The predicted octanol–water partition coefficient (Wildman–Crippen LogP) is 2.03. The summed E-state index contributed by atoms with van der Waals surface area (Å²) in [5, 5.41) is 2.66. The lowest BCUT2D eigenvalue weighted by molar-refractivity contribution is -0.114. The Kier molecular flexibility index (Phi) is 3.45. The van der Waals surface area contributed by atoms with Gasteiger partial charge in [0.15, 0.2) is 5.58 Å². The largest absolute Gasteiger partial charge is 0.422 e. The van der Waals surface area contributed by atoms with Crippen LogP contribution in [0.3, 0.4) is 0 Å². The fourth-order valence-corrected chi connectivity index (χ4v) is 1.71. The molecule has 2 heterocycles. The van der Waals surface area contributed by atoms with Crippen LogP contribution in [0.4, 0.5) is 11.7 Å². The van der Waals surface area contributed by atoms with Gasteiger partial charge in [-0.1, -0.05) is 0 Å². The fourth-order valence-electron chi connectivity index (χ4n) is 1.71. The van der Waals surface area contributed by atoms with Gasteiger partial charge in [0, 0.05) is 26.1 Å². The van der Waals surface area contributed by atoms with E-state index in [9.17, 15) is 4.79 Å². The minimum atomic E-state index is -0.139. The second-order valence-electron chi connectivity index (χ2n) is 3.90. The molecule has 0 fully saturated rings. The van der Waals surface area contributed by atoms with E-state index < -0.39 is 0 Å². The smallest absolute Gasteiger partial charge is 0.299 e. The molecule has 2 aromatic heterocycles. The SMILES string of the molecule is CCN(CC)c1nc2ncc(NC(C)=O)cc2o1. The summed E-state index contributed by atoms with van der Waals surface area (Å²) < 4.78 is 5.64. The van der Waals surface area contributed by atoms with Gasteiger partial charge in [-0.2, -0.15) is 4.98 Å². The van der Waals surface area contributed by atoms with Gasteiger partial charge in [0.25, 0.3) is 6.01 Å². The van der Waals surface area contributed by atoms with Gasteiger partial charge in [-0.25, -0.2) is 4.98 Å². The Labute approximate surface area is 105 Å². The molecule has 0 bridgehead atoms. The summed E-state index contributed by atoms with van der Waals surface area (Å²) in [5.74, 6) is -0.139. The third-order valence-corrected chi connectivity index (χ3v) is 2.59. The summed E-state index contributed by atoms with van der Waals surface area (Å²) in [7, 11) is 0. The number of hydrogen-bond acceptors (Lipinski definition) is 5. The van der Waals surface area contributed by atoms with E-state index >= 15 is 0 Å². The zero-order valence-electron chi connectivity index (χ0n) is 10.7. The fraction of sp³-hybridized carbons (Fsp3) is 0.417. The van der Waals surface area contributed by atoms with Gasteiger partial charge in [0.05, 0.1) is 11.9 Å². The molecule has 96 valence electrons. The molecule has 0 radical (unpaired) electrons. The maximum atomic E-state index is 11.0. The predicted molar refractivity (Wildman–Crippen MR) is 69.7 cm³/mol. The summed E-state index contributed by atoms with van der Waals surface area (Å²) >= 11 is 0. The Morgan fingerprint density at radius 2 is 2.17 bits per heavy atom. The van der Waals surface area contributed by atoms with Crippen molar-refractivity contribution in [3.63, 3.8) is 0 Å². The first kappa shape index (κ1) is 12.3. The van der Waals surface area contributed by atoms with Crippen LogP contribution in [0.25, 0.3) is 11.2 Å². The molecule has 1 amide bonds. The van der Waals surface area contributed by atoms with E-state index in [0.29, 0.717) is 22.9 Å². The highest BCUT2D eigenvalue weighted by Crippen LogP contribution is 2.22. The van der Waals surface area contributed by atoms with Crippen molar-refractivity contribution in [2.24, 2.45) is 0 Å². The van der Waals surface area contributed by atoms with Crippen molar-refractivity contribution in [2.75, 3.05) is 23.3 Å². The molecule has 0 spiro atoms. The molecule has 2 rings (SSSR count). The summed E-state index contributed by atoms with van der Waals surface area (Å²) in [6.07, 6.45) is 1.57. The van der Waals surface area contributed by atoms with Crippen LogP contribution in [0.5, 0.6) is 0 Å². The Balaban J connectivity index is 2.36. The first-order valence-electron chi connectivity index (χ1n) is 5.93. The highest BCUT2D eigenvalue weighted by Gasteiger charge is 2.12. The lowest BCUT2D eigenvalue weighted by Crippen LogP contribution is -2.21. The maximum absolute atomic E-state index is 11.0. The molecule has 1 N–H and O–H groups in total. The number of nitrogens with zero attached hydrogens (tertiary/aromatic N) is 3. The standard InChI is InChI=1S/C12H16N4O2/c1-4-16(5-2)12-15-11-10(18-12)6-9(7-13-11)14-8(3)17/h6-7H,4-5H2,1-3H3,(H,14,17). The molecule has 0 saturated carbocycles. The van der Waals surface area contributed by atoms with E-state index in [0.717, 1.165) is 13.1 Å². The molecular formula is C12H16N4O2. The Morgan fingerprint density at radius 3 is 2.78 bits per heavy atom. The number of hydrogen-bond donors (Lipinski definition) is 1. The number of rotatable bonds is 4. The number of oxazole rings is 1. The zero-order valence-corrected chi connectivity index (χ0v) is 10.7. The van der Waals surface area contributed by atoms with Gasteiger partial charge in [-0.15, -0.1) is 0 Å². The summed E-state index contributed by atoms with van der Waals surface area (Å²) in [6, 6.07) is 2.28. The van der Waals surface area contributed by atoms with Crippen molar-refractivity contribution in [1.29, 1.82) is 0 Å². The molecule has 0 aliphatic carbocycles. The van der Waals surface area contributed by atoms with Crippen LogP contribution < -0.4 is 10.2 Å². The van der Waals surface area contributed by atoms with Crippen LogP contribution in [0.2, 0.25) is 0 Å². The highest BCUT2D eigenvalue weighted by atomic mass is 16.4. The third-order valence-electron chi connectivity index (χ3n) is 2.59. The normalized spacial score (nSPS) is 10.6. The minimum absolute atomic E-state index is 0.139. The van der Waals surface area contributed by atoms with Gasteiger partial charge in [0.1, 0.15) is 0 Å². The van der Waals surface area contributed by atoms with Crippen LogP contribution in [-0.2, 0) is 4.79 Å². The second kappa shape index (κ2) is 5.03. The molecule has 0 aliphatic rings. The molecule has 0 aliphatic heterocycles. The molecule has 6 nitrogen and oxygen atoms in total. The average molecular weight is 248 g/mol. The molecule has 6 heteroatoms. The lowest BCUT2D eigenvalue weighted by atomic mass is 10.4. The average Bonchev–Trinajstić information content (AvgIpc) is 2.72. The number of aromatic nitrogens is 2. The Bertz CT molecular complexity index is 560. The molecule has 0 unspecified atom stereocenters. The summed E-state index contributed by atoms with van der Waals surface area (Å²) in [6.45, 7) is 7.17. The lowest BCUT2D eigenvalue weighted by Gasteiger charge is -2.14. The molecule has 18 heavy (non-hydrogen) atoms. The van der Waals surface area contributed by atoms with Crippen LogP contribution in [0, 0.1) is 0 Å². The molecular weight excluding hydrogens is 232 g/mol. The van der Waals surface area contributed by atoms with E-state index in [2.05, 4.69) is 15.3 Å². The van der Waals surface area contributed by atoms with E-state index in [1.807, 2.05) is 18.7 Å². The number of fused-ring (bicyclic) bond motifs is 1. The molecule has 0 atom stereocenters. The quantitative estimate of drug-likeness (QED) is 0.896. The van der Waals surface area contributed by atoms with Gasteiger partial charge in [0.2, 0.25) is 11.6 Å². The number of carbonyl (C=O) groups excluding carboxylic acids is 1. The van der Waals surface area contributed by atoms with Crippen molar-refractivity contribution >= 4 is 28.8 Å². The monoisotopic (exact) mass is 248 g/mol. The first-order chi connectivity index (χ1) is 8.63. The zero-order chi connectivity index (χ0) is 13.1. The Hall–Kier alpha value is -2.11. The van der Waals surface area contributed by atoms with Crippen molar-refractivity contribution in [3.8, 4) is 0 Å². The van der Waals surface area contributed by atoms with E-state index in [1.54, 1.807) is 12.3 Å². The molecule has 0 aromatic carbocycles. The van der Waals surface area contributed by atoms with E-state index in [1.165, 1.54) is 6.92 Å². The van der Waals surface area contributed by atoms with Crippen molar-refractivity contribution in [2.45, 2.75) is 20.8 Å². The van der Waals surface area contributed by atoms with Crippen molar-refractivity contribution in [1.82, 2.24) is 9.97 Å². The highest BCUT2D eigenvalue weighted by molar-refractivity contribution is 5.90. The number of carbonyl (C=O) groups is 1. The van der Waals surface area contributed by atoms with Crippen LogP contribution >= 0.6 is 0 Å². The van der Waals surface area contributed by atoms with Gasteiger partial charge in [-0.3, -0.25) is 4.79 Å². The third kappa shape index (κ3) is 2.42. The summed E-state index contributed by atoms with van der Waals surface area (Å²) in [4.78, 5) is 21.4. The van der Waals surface area contributed by atoms with E-state index in [-0.39, 0.29) is 5.91 Å². The van der Waals surface area contributed by atoms with Crippen LogP contribution in [-0.4, -0.2) is 29.0 Å². The molecule has 0 saturated heterocycles. The van der Waals surface area contributed by atoms with Crippen LogP contribution in [0.1, 0.15) is 20.8 Å². The van der Waals surface area contributed by atoms with Gasteiger partial charge >= 0.3 is 0 Å². The molecule has 2 aromatic rings. The summed E-state index contributed by atoms with van der Waals surface area (Å²) in [5.41, 5.74) is 1.73. The second-order valence-corrected chi connectivity index (χ2v) is 3.90.